The number of carbonyl (C=O) groups is 1. The van der Waals surface area contributed by atoms with Crippen LogP contribution >= 0.6 is 0 Å². The van der Waals surface area contributed by atoms with E-state index in [1.165, 1.54) is 6.08 Å². The van der Waals surface area contributed by atoms with Crippen LogP contribution in [0.5, 0.6) is 5.75 Å². The Labute approximate surface area is 221 Å². The first-order valence-electron chi connectivity index (χ1n) is 12.4. The molecule has 1 aromatic heterocycles. The molecular formula is C29H30N6O3. The average Bonchev–Trinajstić information content (AvgIpc) is 2.97. The Morgan fingerprint density at radius 1 is 1.24 bits per heavy atom. The molecule has 2 heterocycles. The Balaban J connectivity index is 1.44. The summed E-state index contributed by atoms with van der Waals surface area (Å²) in [5, 5.41) is 7.02. The quantitative estimate of drug-likeness (QED) is 0.300. The van der Waals surface area contributed by atoms with E-state index >= 15 is 0 Å². The molecule has 194 valence electrons. The van der Waals surface area contributed by atoms with Crippen molar-refractivity contribution >= 4 is 39.8 Å². The topological polar surface area (TPSA) is 115 Å². The molecule has 1 aliphatic rings. The molecule has 1 aliphatic heterocycles. The summed E-state index contributed by atoms with van der Waals surface area (Å²) < 4.78 is 11.4. The largest absolute Gasteiger partial charge is 0.494 e. The zero-order valence-electron chi connectivity index (χ0n) is 21.2. The lowest BCUT2D eigenvalue weighted by atomic mass is 10.0. The normalized spacial score (nSPS) is 15.2. The van der Waals surface area contributed by atoms with E-state index < -0.39 is 0 Å². The summed E-state index contributed by atoms with van der Waals surface area (Å²) in [6.45, 7) is 6.17. The number of amides is 1. The summed E-state index contributed by atoms with van der Waals surface area (Å²) in [5.41, 5.74) is 10.9. The van der Waals surface area contributed by atoms with Crippen molar-refractivity contribution in [1.29, 1.82) is 0 Å². The molecule has 5 rings (SSSR count). The molecule has 1 unspecified atom stereocenters. The van der Waals surface area contributed by atoms with Gasteiger partial charge in [-0.05, 0) is 35.9 Å². The summed E-state index contributed by atoms with van der Waals surface area (Å²) in [7, 11) is 1.64. The SMILES string of the molecule is C=CC(=O)Nc1cccc(-c2cccc3cnc(Nc4ccc(N5CCOC(CN)C5)cc4OC)nc23)c1. The van der Waals surface area contributed by atoms with Crippen LogP contribution in [0.1, 0.15) is 0 Å². The highest BCUT2D eigenvalue weighted by Crippen LogP contribution is 2.34. The molecule has 1 atom stereocenters. The van der Waals surface area contributed by atoms with E-state index in [0.717, 1.165) is 46.5 Å². The van der Waals surface area contributed by atoms with E-state index in [-0.39, 0.29) is 12.0 Å². The fourth-order valence-corrected chi connectivity index (χ4v) is 4.50. The van der Waals surface area contributed by atoms with E-state index in [4.69, 9.17) is 20.2 Å². The number of hydrogen-bond acceptors (Lipinski definition) is 8. The third kappa shape index (κ3) is 5.44. The third-order valence-corrected chi connectivity index (χ3v) is 6.44. The van der Waals surface area contributed by atoms with Crippen molar-refractivity contribution in [3.05, 3.63) is 79.5 Å². The van der Waals surface area contributed by atoms with Crippen molar-refractivity contribution in [2.24, 2.45) is 5.73 Å². The molecule has 4 aromatic rings. The van der Waals surface area contributed by atoms with Gasteiger partial charge in [-0.3, -0.25) is 4.79 Å². The van der Waals surface area contributed by atoms with Crippen molar-refractivity contribution < 1.29 is 14.3 Å². The van der Waals surface area contributed by atoms with Crippen molar-refractivity contribution in [2.75, 3.05) is 48.9 Å². The van der Waals surface area contributed by atoms with Gasteiger partial charge >= 0.3 is 0 Å². The van der Waals surface area contributed by atoms with Crippen LogP contribution in [0, 0.1) is 0 Å². The Bertz CT molecular complexity index is 1470. The van der Waals surface area contributed by atoms with Crippen LogP contribution in [0.4, 0.5) is 23.0 Å². The molecule has 4 N–H and O–H groups in total. The van der Waals surface area contributed by atoms with Crippen LogP contribution in [0.3, 0.4) is 0 Å². The fraction of sp³-hybridized carbons (Fsp3) is 0.207. The van der Waals surface area contributed by atoms with Crippen molar-refractivity contribution in [3.8, 4) is 16.9 Å². The monoisotopic (exact) mass is 510 g/mol. The molecule has 0 aliphatic carbocycles. The molecule has 3 aromatic carbocycles. The van der Waals surface area contributed by atoms with Crippen molar-refractivity contribution in [1.82, 2.24) is 9.97 Å². The second kappa shape index (κ2) is 11.3. The van der Waals surface area contributed by atoms with Gasteiger partial charge in [0.2, 0.25) is 11.9 Å². The highest BCUT2D eigenvalue weighted by Gasteiger charge is 2.20. The molecule has 1 saturated heterocycles. The summed E-state index contributed by atoms with van der Waals surface area (Å²) in [4.78, 5) is 23.4. The van der Waals surface area contributed by atoms with E-state index in [0.29, 0.717) is 30.5 Å². The number of aromatic nitrogens is 2. The van der Waals surface area contributed by atoms with Gasteiger partial charge in [-0.2, -0.15) is 0 Å². The zero-order chi connectivity index (χ0) is 26.5. The number of anilines is 4. The number of methoxy groups -OCH3 is 1. The number of nitrogens with zero attached hydrogens (tertiary/aromatic N) is 3. The van der Waals surface area contributed by atoms with Gasteiger partial charge in [0.05, 0.1) is 31.0 Å². The summed E-state index contributed by atoms with van der Waals surface area (Å²) >= 11 is 0. The number of morpholine rings is 1. The Morgan fingerprint density at radius 3 is 2.92 bits per heavy atom. The summed E-state index contributed by atoms with van der Waals surface area (Å²) in [5.74, 6) is 0.865. The van der Waals surface area contributed by atoms with E-state index in [9.17, 15) is 4.79 Å². The molecule has 1 amide bonds. The lowest BCUT2D eigenvalue weighted by molar-refractivity contribution is -0.111. The highest BCUT2D eigenvalue weighted by atomic mass is 16.5. The van der Waals surface area contributed by atoms with E-state index in [2.05, 4.69) is 27.1 Å². The molecule has 9 heteroatoms. The highest BCUT2D eigenvalue weighted by molar-refractivity contribution is 6.00. The Morgan fingerprint density at radius 2 is 2.11 bits per heavy atom. The first-order chi connectivity index (χ1) is 18.6. The molecule has 0 radical (unpaired) electrons. The van der Waals surface area contributed by atoms with Crippen LogP contribution in [-0.4, -0.2) is 55.3 Å². The number of nitrogens with one attached hydrogen (secondary N) is 2. The first kappa shape index (κ1) is 25.2. The second-order valence-corrected chi connectivity index (χ2v) is 8.90. The molecular weight excluding hydrogens is 480 g/mol. The minimum atomic E-state index is -0.262. The number of ether oxygens (including phenoxy) is 2. The molecule has 38 heavy (non-hydrogen) atoms. The molecule has 0 spiro atoms. The van der Waals surface area contributed by atoms with Gasteiger partial charge in [0.25, 0.3) is 0 Å². The lowest BCUT2D eigenvalue weighted by Crippen LogP contribution is -2.45. The number of rotatable bonds is 8. The van der Waals surface area contributed by atoms with Gasteiger partial charge < -0.3 is 30.7 Å². The van der Waals surface area contributed by atoms with Crippen LogP contribution in [0.25, 0.3) is 22.0 Å². The summed E-state index contributed by atoms with van der Waals surface area (Å²) in [6.07, 6.45) is 3.06. The van der Waals surface area contributed by atoms with Crippen LogP contribution in [-0.2, 0) is 9.53 Å². The summed E-state index contributed by atoms with van der Waals surface area (Å²) in [6, 6.07) is 19.6. The minimum Gasteiger partial charge on any atom is -0.494 e. The number of para-hydroxylation sites is 1. The smallest absolute Gasteiger partial charge is 0.247 e. The standard InChI is InChI=1S/C29H30N6O3/c1-3-27(36)32-21-8-4-6-19(14-21)24-9-5-7-20-17-31-29(34-28(20)24)33-25-11-10-22(15-26(25)37-2)35-12-13-38-23(16-30)18-35/h3-11,14-15,17,23H,1,12-13,16,18,30H2,2H3,(H,32,36)(H,31,33,34). The first-order valence-corrected chi connectivity index (χ1v) is 12.4. The van der Waals surface area contributed by atoms with Gasteiger partial charge in [0.1, 0.15) is 5.75 Å². The maximum atomic E-state index is 11.8. The van der Waals surface area contributed by atoms with Crippen molar-refractivity contribution in [2.45, 2.75) is 6.10 Å². The van der Waals surface area contributed by atoms with Gasteiger partial charge in [0.15, 0.2) is 0 Å². The molecule has 0 saturated carbocycles. The molecule has 1 fully saturated rings. The minimum absolute atomic E-state index is 0.0201. The maximum Gasteiger partial charge on any atom is 0.247 e. The average molecular weight is 511 g/mol. The number of hydrogen-bond donors (Lipinski definition) is 3. The number of benzene rings is 3. The number of nitrogens with two attached hydrogens (primary N) is 1. The van der Waals surface area contributed by atoms with Crippen LogP contribution < -0.4 is 26.0 Å². The fourth-order valence-electron chi connectivity index (χ4n) is 4.50. The molecule has 0 bridgehead atoms. The molecule has 9 nitrogen and oxygen atoms in total. The van der Waals surface area contributed by atoms with E-state index in [1.807, 2.05) is 60.7 Å². The Kier molecular flexibility index (Phi) is 7.48. The van der Waals surface area contributed by atoms with Crippen LogP contribution in [0.2, 0.25) is 0 Å². The van der Waals surface area contributed by atoms with Crippen molar-refractivity contribution in [3.63, 3.8) is 0 Å². The maximum absolute atomic E-state index is 11.8. The third-order valence-electron chi connectivity index (χ3n) is 6.44. The van der Waals surface area contributed by atoms with Gasteiger partial charge in [0, 0.05) is 54.2 Å². The zero-order valence-corrected chi connectivity index (χ0v) is 21.2. The number of fused-ring (bicyclic) bond motifs is 1. The Hall–Kier alpha value is -4.47. The van der Waals surface area contributed by atoms with Crippen LogP contribution in [0.15, 0.2) is 79.5 Å². The van der Waals surface area contributed by atoms with Gasteiger partial charge in [-0.1, -0.05) is 36.9 Å². The lowest BCUT2D eigenvalue weighted by Gasteiger charge is -2.34. The second-order valence-electron chi connectivity index (χ2n) is 8.90. The predicted octanol–water partition coefficient (Wildman–Crippen LogP) is 4.34. The van der Waals surface area contributed by atoms with Gasteiger partial charge in [-0.15, -0.1) is 0 Å². The number of carbonyl (C=O) groups excluding carboxylic acids is 1. The van der Waals surface area contributed by atoms with Gasteiger partial charge in [-0.25, -0.2) is 9.97 Å². The predicted molar refractivity (Wildman–Crippen MR) is 151 cm³/mol. The van der Waals surface area contributed by atoms with E-state index in [1.54, 1.807) is 13.3 Å².